The lowest BCUT2D eigenvalue weighted by molar-refractivity contribution is -0.131. The maximum atomic E-state index is 13.1. The van der Waals surface area contributed by atoms with Crippen molar-refractivity contribution in [1.29, 1.82) is 0 Å². The summed E-state index contributed by atoms with van der Waals surface area (Å²) in [5, 5.41) is 1.51. The molecular weight excluding hydrogens is 636 g/mol. The monoisotopic (exact) mass is 686 g/mol. The first-order valence-electron chi connectivity index (χ1n) is 17.4. The number of hydrogen-bond donors (Lipinski definition) is 0. The molecule has 50 heavy (non-hydrogen) atoms. The van der Waals surface area contributed by atoms with E-state index in [0.29, 0.717) is 35.1 Å². The molecule has 12 nitrogen and oxygen atoms in total. The van der Waals surface area contributed by atoms with Crippen molar-refractivity contribution in [3.8, 4) is 23.0 Å². The molecule has 0 aliphatic carbocycles. The van der Waals surface area contributed by atoms with E-state index in [4.69, 9.17) is 18.9 Å². The van der Waals surface area contributed by atoms with Crippen LogP contribution < -0.4 is 18.9 Å². The highest BCUT2D eigenvalue weighted by Crippen LogP contribution is 2.34. The van der Waals surface area contributed by atoms with Gasteiger partial charge in [0.1, 0.15) is 11.5 Å². The van der Waals surface area contributed by atoms with Gasteiger partial charge in [0.05, 0.1) is 25.3 Å². The summed E-state index contributed by atoms with van der Waals surface area (Å²) < 4.78 is 26.8. The van der Waals surface area contributed by atoms with Gasteiger partial charge in [-0.25, -0.2) is 9.59 Å². The topological polar surface area (TPSA) is 93.9 Å². The molecule has 2 atom stereocenters. The van der Waals surface area contributed by atoms with Crippen molar-refractivity contribution in [3.05, 3.63) is 60.9 Å². The highest BCUT2D eigenvalue weighted by Gasteiger charge is 2.23. The molecule has 4 aromatic rings. The van der Waals surface area contributed by atoms with E-state index in [1.807, 2.05) is 48.8 Å². The van der Waals surface area contributed by atoms with E-state index in [1.165, 1.54) is 0 Å². The minimum Gasteiger partial charge on any atom is -0.497 e. The Bertz CT molecular complexity index is 1700. The van der Waals surface area contributed by atoms with Crippen LogP contribution in [0.5, 0.6) is 23.0 Å². The SMILES string of the molecule is COc1ccc2c(c1)c(OC(=O)/C=C/C(=O)Oc1cn(C[C@@H](C)N3CCN(C)CC3)c3ccc(OC)cc13)cn2C[C@@H](C)N1CCN(C)CC1. The number of carbonyl (C=O) groups is 2. The van der Waals surface area contributed by atoms with Gasteiger partial charge in [-0.1, -0.05) is 0 Å². The molecule has 2 aromatic carbocycles. The largest absolute Gasteiger partial charge is 0.497 e. The van der Waals surface area contributed by atoms with Crippen molar-refractivity contribution in [3.63, 3.8) is 0 Å². The van der Waals surface area contributed by atoms with Crippen molar-refractivity contribution >= 4 is 33.7 Å². The standard InChI is InChI=1S/C38H50N6O6/c1-27(41-17-13-39(3)14-18-41)23-43-25-35(31-21-29(47-5)7-9-33(31)43)49-37(45)11-12-38(46)50-36-26-44(34-10-8-30(48-6)22-32(34)36)24-28(2)42-19-15-40(4)16-20-42/h7-12,21-22,25-28H,13-20,23-24H2,1-6H3/b12-11+/t27-,28-/m1/s1. The third kappa shape index (κ3) is 8.15. The van der Waals surface area contributed by atoms with Crippen LogP contribution in [-0.4, -0.2) is 133 Å². The van der Waals surface area contributed by atoms with Crippen molar-refractivity contribution in [1.82, 2.24) is 28.7 Å². The zero-order valence-electron chi connectivity index (χ0n) is 30.1. The molecule has 0 bridgehead atoms. The Morgan fingerprint density at radius 2 is 1.02 bits per heavy atom. The van der Waals surface area contributed by atoms with Crippen LogP contribution in [0, 0.1) is 0 Å². The average molecular weight is 687 g/mol. The molecule has 12 heteroatoms. The second-order valence-corrected chi connectivity index (χ2v) is 13.6. The van der Waals surface area contributed by atoms with E-state index < -0.39 is 11.9 Å². The maximum Gasteiger partial charge on any atom is 0.336 e. The van der Waals surface area contributed by atoms with Gasteiger partial charge >= 0.3 is 11.9 Å². The van der Waals surface area contributed by atoms with Gasteiger partial charge in [0.15, 0.2) is 11.5 Å². The van der Waals surface area contributed by atoms with Gasteiger partial charge < -0.3 is 37.9 Å². The van der Waals surface area contributed by atoms with E-state index in [1.54, 1.807) is 14.2 Å². The maximum absolute atomic E-state index is 13.1. The van der Waals surface area contributed by atoms with Gasteiger partial charge in [-0.3, -0.25) is 9.80 Å². The van der Waals surface area contributed by atoms with Gasteiger partial charge in [0.2, 0.25) is 0 Å². The van der Waals surface area contributed by atoms with Gasteiger partial charge in [-0.15, -0.1) is 0 Å². The van der Waals surface area contributed by atoms with Gasteiger partial charge in [-0.2, -0.15) is 0 Å². The second-order valence-electron chi connectivity index (χ2n) is 13.6. The van der Waals surface area contributed by atoms with E-state index in [-0.39, 0.29) is 0 Å². The zero-order valence-corrected chi connectivity index (χ0v) is 30.1. The first-order chi connectivity index (χ1) is 24.1. The van der Waals surface area contributed by atoms with Gasteiger partial charge in [0.25, 0.3) is 0 Å². The lowest BCUT2D eigenvalue weighted by Gasteiger charge is -2.36. The van der Waals surface area contributed by atoms with E-state index in [9.17, 15) is 9.59 Å². The zero-order chi connectivity index (χ0) is 35.4. The lowest BCUT2D eigenvalue weighted by atomic mass is 10.2. The van der Waals surface area contributed by atoms with Crippen molar-refractivity contribution in [2.75, 3.05) is 80.7 Å². The summed E-state index contributed by atoms with van der Waals surface area (Å²) in [4.78, 5) is 35.8. The highest BCUT2D eigenvalue weighted by molar-refractivity contribution is 5.97. The fourth-order valence-corrected chi connectivity index (χ4v) is 6.95. The predicted octanol–water partition coefficient (Wildman–Crippen LogP) is 3.95. The Balaban J connectivity index is 1.15. The first-order valence-corrected chi connectivity index (χ1v) is 17.4. The molecule has 268 valence electrons. The highest BCUT2D eigenvalue weighted by atomic mass is 16.5. The van der Waals surface area contributed by atoms with E-state index >= 15 is 0 Å². The summed E-state index contributed by atoms with van der Waals surface area (Å²) in [6.45, 7) is 14.1. The number of rotatable bonds is 12. The number of ether oxygens (including phenoxy) is 4. The van der Waals surface area contributed by atoms with Gasteiger partial charge in [0, 0.05) is 113 Å². The minimum absolute atomic E-state index is 0.292. The number of piperazine rings is 2. The molecule has 2 saturated heterocycles. The van der Waals surface area contributed by atoms with E-state index in [2.05, 4.69) is 56.7 Å². The number of nitrogens with zero attached hydrogens (tertiary/aromatic N) is 6. The Morgan fingerprint density at radius 3 is 1.38 bits per heavy atom. The Kier molecular flexibility index (Phi) is 11.1. The van der Waals surface area contributed by atoms with E-state index in [0.717, 1.165) is 99.4 Å². The number of methoxy groups -OCH3 is 2. The smallest absolute Gasteiger partial charge is 0.336 e. The predicted molar refractivity (Wildman–Crippen MR) is 194 cm³/mol. The Morgan fingerprint density at radius 1 is 0.640 bits per heavy atom. The molecule has 0 radical (unpaired) electrons. The molecule has 2 aliphatic rings. The van der Waals surface area contributed by atoms with Crippen LogP contribution in [0.4, 0.5) is 0 Å². The fraction of sp³-hybridized carbons (Fsp3) is 0.474. The molecule has 2 aromatic heterocycles. The number of esters is 2. The van der Waals surface area contributed by atoms with Crippen LogP contribution >= 0.6 is 0 Å². The average Bonchev–Trinajstić information content (AvgIpc) is 3.63. The van der Waals surface area contributed by atoms with Crippen molar-refractivity contribution in [2.24, 2.45) is 0 Å². The van der Waals surface area contributed by atoms with Crippen LogP contribution in [0.25, 0.3) is 21.8 Å². The van der Waals surface area contributed by atoms with Crippen molar-refractivity contribution < 1.29 is 28.5 Å². The quantitative estimate of drug-likeness (QED) is 0.161. The fourth-order valence-electron chi connectivity index (χ4n) is 6.95. The summed E-state index contributed by atoms with van der Waals surface area (Å²) in [6, 6.07) is 12.1. The number of likely N-dealkylation sites (N-methyl/N-ethyl adjacent to an activating group) is 2. The number of fused-ring (bicyclic) bond motifs is 2. The molecule has 0 N–H and O–H groups in total. The molecule has 2 aliphatic heterocycles. The molecule has 2 fully saturated rings. The molecule has 4 heterocycles. The minimum atomic E-state index is -0.680. The Hall–Kier alpha value is -4.36. The van der Waals surface area contributed by atoms with Gasteiger partial charge in [-0.05, 0) is 64.3 Å². The molecule has 0 saturated carbocycles. The summed E-state index contributed by atoms with van der Waals surface area (Å²) >= 11 is 0. The third-order valence-corrected chi connectivity index (χ3v) is 10.1. The summed E-state index contributed by atoms with van der Waals surface area (Å²) in [7, 11) is 7.51. The number of benzene rings is 2. The number of aromatic nitrogens is 2. The number of hydrogen-bond acceptors (Lipinski definition) is 10. The molecule has 0 spiro atoms. The van der Waals surface area contributed by atoms with Crippen LogP contribution in [0.2, 0.25) is 0 Å². The van der Waals surface area contributed by atoms with Crippen molar-refractivity contribution in [2.45, 2.75) is 39.0 Å². The lowest BCUT2D eigenvalue weighted by Crippen LogP contribution is -2.49. The van der Waals surface area contributed by atoms with Crippen LogP contribution in [0.15, 0.2) is 60.9 Å². The molecular formula is C38H50N6O6. The second kappa shape index (κ2) is 15.7. The first kappa shape index (κ1) is 35.5. The summed E-state index contributed by atoms with van der Waals surface area (Å²) in [5.41, 5.74) is 1.87. The number of carbonyl (C=O) groups excluding carboxylic acids is 2. The molecule has 0 unspecified atom stereocenters. The van der Waals surface area contributed by atoms with Crippen LogP contribution in [0.1, 0.15) is 13.8 Å². The Labute approximate surface area is 294 Å². The third-order valence-electron chi connectivity index (χ3n) is 10.1. The molecule has 0 amide bonds. The summed E-state index contributed by atoms with van der Waals surface area (Å²) in [6.07, 6.45) is 5.92. The van der Waals surface area contributed by atoms with Crippen LogP contribution in [0.3, 0.4) is 0 Å². The normalized spacial score (nSPS) is 18.1. The molecule has 6 rings (SSSR count). The summed E-state index contributed by atoms with van der Waals surface area (Å²) in [5.74, 6) is 0.761. The van der Waals surface area contributed by atoms with Crippen LogP contribution in [-0.2, 0) is 22.7 Å².